The number of benzene rings is 2. The molecule has 0 spiro atoms. The van der Waals surface area contributed by atoms with E-state index in [2.05, 4.69) is 21.2 Å². The molecule has 0 aromatic heterocycles. The summed E-state index contributed by atoms with van der Waals surface area (Å²) in [6.45, 7) is 0. The molecule has 106 valence electrons. The third-order valence-electron chi connectivity index (χ3n) is 3.07. The molecule has 1 unspecified atom stereocenters. The van der Waals surface area contributed by atoms with Crippen molar-refractivity contribution in [2.75, 3.05) is 14.2 Å². The van der Waals surface area contributed by atoms with E-state index in [1.165, 1.54) is 0 Å². The number of hydrogen-bond acceptors (Lipinski definition) is 2. The fraction of sp³-hybridized carbons (Fsp3) is 0.200. The van der Waals surface area contributed by atoms with Gasteiger partial charge in [-0.1, -0.05) is 29.3 Å². The Labute approximate surface area is 137 Å². The Hall–Kier alpha value is -0.740. The van der Waals surface area contributed by atoms with E-state index in [0.717, 1.165) is 21.3 Å². The molecule has 2 aromatic rings. The fourth-order valence-electron chi connectivity index (χ4n) is 2.12. The minimum atomic E-state index is -0.0470. The molecule has 1 N–H and O–H groups in total. The van der Waals surface area contributed by atoms with Crippen molar-refractivity contribution in [2.24, 2.45) is 0 Å². The highest BCUT2D eigenvalue weighted by molar-refractivity contribution is 9.10. The number of nitrogens with one attached hydrogen (secondary N) is 1. The van der Waals surface area contributed by atoms with Crippen LogP contribution in [0, 0.1) is 0 Å². The third-order valence-corrected chi connectivity index (χ3v) is 4.54. The lowest BCUT2D eigenvalue weighted by molar-refractivity contribution is 0.405. The molecular weight excluding hydrogens is 361 g/mol. The lowest BCUT2D eigenvalue weighted by Crippen LogP contribution is -2.18. The van der Waals surface area contributed by atoms with Gasteiger partial charge in [-0.15, -0.1) is 0 Å². The van der Waals surface area contributed by atoms with Crippen LogP contribution in [0.1, 0.15) is 17.2 Å². The topological polar surface area (TPSA) is 21.3 Å². The molecule has 0 amide bonds. The molecule has 0 saturated heterocycles. The zero-order valence-electron chi connectivity index (χ0n) is 11.1. The molecule has 0 aliphatic heterocycles. The van der Waals surface area contributed by atoms with Crippen molar-refractivity contribution in [3.63, 3.8) is 0 Å². The van der Waals surface area contributed by atoms with Crippen LogP contribution in [0.25, 0.3) is 0 Å². The summed E-state index contributed by atoms with van der Waals surface area (Å²) in [5.41, 5.74) is 2.02. The van der Waals surface area contributed by atoms with E-state index in [9.17, 15) is 0 Å². The highest BCUT2D eigenvalue weighted by Crippen LogP contribution is 2.34. The molecule has 1 atom stereocenters. The van der Waals surface area contributed by atoms with E-state index in [0.29, 0.717) is 10.0 Å². The van der Waals surface area contributed by atoms with E-state index in [-0.39, 0.29) is 6.04 Å². The van der Waals surface area contributed by atoms with Crippen LogP contribution >= 0.6 is 39.1 Å². The number of methoxy groups -OCH3 is 1. The molecule has 0 saturated carbocycles. The van der Waals surface area contributed by atoms with Crippen molar-refractivity contribution in [1.82, 2.24) is 5.32 Å². The van der Waals surface area contributed by atoms with Crippen LogP contribution in [0.5, 0.6) is 5.75 Å². The first-order valence-corrected chi connectivity index (χ1v) is 7.57. The highest BCUT2D eigenvalue weighted by atomic mass is 79.9. The normalized spacial score (nSPS) is 12.2. The van der Waals surface area contributed by atoms with Crippen LogP contribution < -0.4 is 10.1 Å². The maximum atomic E-state index is 6.18. The Morgan fingerprint density at radius 2 is 1.90 bits per heavy atom. The molecule has 0 heterocycles. The van der Waals surface area contributed by atoms with Gasteiger partial charge in [-0.2, -0.15) is 0 Å². The van der Waals surface area contributed by atoms with E-state index < -0.39 is 0 Å². The van der Waals surface area contributed by atoms with Gasteiger partial charge >= 0.3 is 0 Å². The first-order valence-electron chi connectivity index (χ1n) is 6.02. The van der Waals surface area contributed by atoms with Crippen molar-refractivity contribution in [2.45, 2.75) is 6.04 Å². The Morgan fingerprint density at radius 1 is 1.15 bits per heavy atom. The molecule has 0 bridgehead atoms. The summed E-state index contributed by atoms with van der Waals surface area (Å²) in [5, 5.41) is 4.61. The zero-order valence-corrected chi connectivity index (χ0v) is 14.2. The smallest absolute Gasteiger partial charge is 0.124 e. The second-order valence-corrected chi connectivity index (χ2v) is 5.98. The molecule has 20 heavy (non-hydrogen) atoms. The van der Waals surface area contributed by atoms with Gasteiger partial charge in [0.25, 0.3) is 0 Å². The standard InChI is InChI=1S/C15H14BrCl2NO/c1-19-15(9-3-5-12(16)13(18)7-9)11-8-10(17)4-6-14(11)20-2/h3-8,15,19H,1-2H3. The number of hydrogen-bond donors (Lipinski definition) is 1. The summed E-state index contributed by atoms with van der Waals surface area (Å²) in [6, 6.07) is 11.4. The molecular formula is C15H14BrCl2NO. The predicted molar refractivity (Wildman–Crippen MR) is 88.1 cm³/mol. The van der Waals surface area contributed by atoms with E-state index >= 15 is 0 Å². The Bertz CT molecular complexity index is 619. The minimum absolute atomic E-state index is 0.0470. The maximum absolute atomic E-state index is 6.18. The SMILES string of the molecule is CNC(c1ccc(Br)c(Cl)c1)c1cc(Cl)ccc1OC. The van der Waals surface area contributed by atoms with Crippen LogP contribution in [0.2, 0.25) is 10.0 Å². The Kier molecular flexibility index (Phi) is 5.33. The van der Waals surface area contributed by atoms with Gasteiger partial charge < -0.3 is 10.1 Å². The van der Waals surface area contributed by atoms with E-state index in [1.807, 2.05) is 43.4 Å². The second kappa shape index (κ2) is 6.81. The first kappa shape index (κ1) is 15.6. The largest absolute Gasteiger partial charge is 0.496 e. The van der Waals surface area contributed by atoms with Crippen LogP contribution in [0.4, 0.5) is 0 Å². The molecule has 5 heteroatoms. The summed E-state index contributed by atoms with van der Waals surface area (Å²) in [7, 11) is 3.54. The van der Waals surface area contributed by atoms with Crippen molar-refractivity contribution >= 4 is 39.1 Å². The van der Waals surface area contributed by atoms with Crippen LogP contribution in [-0.2, 0) is 0 Å². The van der Waals surface area contributed by atoms with Gasteiger partial charge in [0, 0.05) is 15.1 Å². The first-order chi connectivity index (χ1) is 9.56. The van der Waals surface area contributed by atoms with E-state index in [1.54, 1.807) is 7.11 Å². The van der Waals surface area contributed by atoms with Crippen molar-refractivity contribution in [3.8, 4) is 5.75 Å². The summed E-state index contributed by atoms with van der Waals surface area (Å²) >= 11 is 15.7. The Morgan fingerprint density at radius 3 is 2.50 bits per heavy atom. The number of rotatable bonds is 4. The van der Waals surface area contributed by atoms with Crippen molar-refractivity contribution in [3.05, 3.63) is 62.0 Å². The average Bonchev–Trinajstić information content (AvgIpc) is 2.44. The van der Waals surface area contributed by atoms with Gasteiger partial charge in [-0.3, -0.25) is 0 Å². The van der Waals surface area contributed by atoms with Gasteiger partial charge in [0.1, 0.15) is 5.75 Å². The van der Waals surface area contributed by atoms with Crippen LogP contribution in [0.15, 0.2) is 40.9 Å². The quantitative estimate of drug-likeness (QED) is 0.806. The third kappa shape index (κ3) is 3.29. The van der Waals surface area contributed by atoms with E-state index in [4.69, 9.17) is 27.9 Å². The minimum Gasteiger partial charge on any atom is -0.496 e. The molecule has 2 rings (SSSR count). The predicted octanol–water partition coefficient (Wildman–Crippen LogP) is 5.07. The average molecular weight is 375 g/mol. The van der Waals surface area contributed by atoms with Gasteiger partial charge in [-0.25, -0.2) is 0 Å². The summed E-state index contributed by atoms with van der Waals surface area (Å²) in [4.78, 5) is 0. The second-order valence-electron chi connectivity index (χ2n) is 4.28. The highest BCUT2D eigenvalue weighted by Gasteiger charge is 2.18. The van der Waals surface area contributed by atoms with Gasteiger partial charge in [0.05, 0.1) is 18.2 Å². The van der Waals surface area contributed by atoms with Gasteiger partial charge in [0.2, 0.25) is 0 Å². The molecule has 2 nitrogen and oxygen atoms in total. The number of halogens is 3. The van der Waals surface area contributed by atoms with Crippen LogP contribution in [0.3, 0.4) is 0 Å². The van der Waals surface area contributed by atoms with Crippen molar-refractivity contribution < 1.29 is 4.74 Å². The molecule has 0 aliphatic rings. The monoisotopic (exact) mass is 373 g/mol. The molecule has 2 aromatic carbocycles. The molecule has 0 radical (unpaired) electrons. The molecule has 0 fully saturated rings. The Balaban J connectivity index is 2.51. The zero-order chi connectivity index (χ0) is 14.7. The van der Waals surface area contributed by atoms with Crippen molar-refractivity contribution in [1.29, 1.82) is 0 Å². The summed E-state index contributed by atoms with van der Waals surface area (Å²) in [6.07, 6.45) is 0. The molecule has 0 aliphatic carbocycles. The lowest BCUT2D eigenvalue weighted by atomic mass is 9.98. The van der Waals surface area contributed by atoms with Gasteiger partial charge in [0.15, 0.2) is 0 Å². The van der Waals surface area contributed by atoms with Crippen LogP contribution in [-0.4, -0.2) is 14.2 Å². The van der Waals surface area contributed by atoms with Gasteiger partial charge in [-0.05, 0) is 58.9 Å². The summed E-state index contributed by atoms with van der Waals surface area (Å²) < 4.78 is 6.29. The number of ether oxygens (including phenoxy) is 1. The fourth-order valence-corrected chi connectivity index (χ4v) is 2.74. The lowest BCUT2D eigenvalue weighted by Gasteiger charge is -2.20. The maximum Gasteiger partial charge on any atom is 0.124 e. The summed E-state index contributed by atoms with van der Waals surface area (Å²) in [5.74, 6) is 0.785.